The predicted molar refractivity (Wildman–Crippen MR) is 40.5 cm³/mol. The highest BCUT2D eigenvalue weighted by Crippen LogP contribution is 2.35. The Hall–Kier alpha value is -0.730. The summed E-state index contributed by atoms with van der Waals surface area (Å²) in [4.78, 5) is 12.4. The molecule has 0 aromatic rings. The summed E-state index contributed by atoms with van der Waals surface area (Å²) in [5.74, 6) is 0. The van der Waals surface area contributed by atoms with Crippen LogP contribution in [0.4, 0.5) is 4.79 Å². The average Bonchev–Trinajstić information content (AvgIpc) is 2.23. The first kappa shape index (κ1) is 6.95. The molecular formula is C8H13NO2. The molecule has 2 atom stereocenters. The Morgan fingerprint density at radius 1 is 1.18 bits per heavy atom. The summed E-state index contributed by atoms with van der Waals surface area (Å²) in [6, 6.07) is 0.706. The third-order valence-corrected chi connectivity index (χ3v) is 2.92. The van der Waals surface area contributed by atoms with Crippen LogP contribution in [0.3, 0.4) is 0 Å². The summed E-state index contributed by atoms with van der Waals surface area (Å²) >= 11 is 0. The quantitative estimate of drug-likeness (QED) is 0.578. The van der Waals surface area contributed by atoms with Crippen molar-refractivity contribution in [2.75, 3.05) is 0 Å². The Balaban J connectivity index is 2.15. The van der Waals surface area contributed by atoms with Crippen molar-refractivity contribution in [1.82, 2.24) is 4.90 Å². The van der Waals surface area contributed by atoms with Crippen molar-refractivity contribution in [3.63, 3.8) is 0 Å². The first-order chi connectivity index (χ1) is 5.29. The second kappa shape index (κ2) is 2.40. The van der Waals surface area contributed by atoms with Crippen molar-refractivity contribution in [1.29, 1.82) is 0 Å². The van der Waals surface area contributed by atoms with Crippen LogP contribution in [0.2, 0.25) is 0 Å². The van der Waals surface area contributed by atoms with Crippen LogP contribution in [0.5, 0.6) is 0 Å². The fraction of sp³-hybridized carbons (Fsp3) is 0.875. The molecule has 2 bridgehead atoms. The maximum absolute atomic E-state index is 10.7. The number of fused-ring (bicyclic) bond motifs is 2. The van der Waals surface area contributed by atoms with Crippen LogP contribution in [0, 0.1) is 0 Å². The molecule has 3 heteroatoms. The molecule has 0 aliphatic carbocycles. The molecule has 2 fully saturated rings. The van der Waals surface area contributed by atoms with Crippen molar-refractivity contribution in [2.24, 2.45) is 0 Å². The lowest BCUT2D eigenvalue weighted by molar-refractivity contribution is 0.103. The maximum atomic E-state index is 10.7. The van der Waals surface area contributed by atoms with E-state index in [-0.39, 0.29) is 0 Å². The fourth-order valence-electron chi connectivity index (χ4n) is 2.43. The molecule has 2 heterocycles. The van der Waals surface area contributed by atoms with Gasteiger partial charge in [0, 0.05) is 12.1 Å². The van der Waals surface area contributed by atoms with Crippen molar-refractivity contribution < 1.29 is 9.90 Å². The molecule has 0 spiro atoms. The molecule has 11 heavy (non-hydrogen) atoms. The Labute approximate surface area is 66.0 Å². The van der Waals surface area contributed by atoms with E-state index in [4.69, 9.17) is 5.11 Å². The van der Waals surface area contributed by atoms with Gasteiger partial charge in [0.05, 0.1) is 0 Å². The van der Waals surface area contributed by atoms with E-state index < -0.39 is 6.09 Å². The zero-order valence-corrected chi connectivity index (χ0v) is 6.49. The van der Waals surface area contributed by atoms with Crippen molar-refractivity contribution >= 4 is 6.09 Å². The average molecular weight is 155 g/mol. The Morgan fingerprint density at radius 2 is 1.73 bits per heavy atom. The van der Waals surface area contributed by atoms with Crippen LogP contribution in [0.15, 0.2) is 0 Å². The van der Waals surface area contributed by atoms with Gasteiger partial charge in [0.15, 0.2) is 0 Å². The van der Waals surface area contributed by atoms with E-state index in [0.717, 1.165) is 25.7 Å². The molecule has 0 saturated carbocycles. The third-order valence-electron chi connectivity index (χ3n) is 2.92. The lowest BCUT2D eigenvalue weighted by Crippen LogP contribution is -2.43. The van der Waals surface area contributed by atoms with Crippen LogP contribution < -0.4 is 0 Å². The molecular weight excluding hydrogens is 142 g/mol. The number of carboxylic acid groups (broad SMARTS) is 1. The molecule has 62 valence electrons. The van der Waals surface area contributed by atoms with Gasteiger partial charge in [0.25, 0.3) is 0 Å². The highest BCUT2D eigenvalue weighted by atomic mass is 16.4. The first-order valence-electron chi connectivity index (χ1n) is 4.30. The molecule has 3 nitrogen and oxygen atoms in total. The number of amides is 1. The second-order valence-corrected chi connectivity index (χ2v) is 3.51. The fourth-order valence-corrected chi connectivity index (χ4v) is 2.43. The first-order valence-corrected chi connectivity index (χ1v) is 4.30. The van der Waals surface area contributed by atoms with Gasteiger partial charge in [-0.05, 0) is 32.1 Å². The van der Waals surface area contributed by atoms with Crippen molar-refractivity contribution in [3.8, 4) is 0 Å². The van der Waals surface area contributed by atoms with Crippen LogP contribution >= 0.6 is 0 Å². The van der Waals surface area contributed by atoms with Gasteiger partial charge in [0.2, 0.25) is 0 Å². The predicted octanol–water partition coefficient (Wildman–Crippen LogP) is 1.68. The minimum atomic E-state index is -0.711. The Bertz CT molecular complexity index is 165. The summed E-state index contributed by atoms with van der Waals surface area (Å²) < 4.78 is 0. The summed E-state index contributed by atoms with van der Waals surface area (Å²) in [6.07, 6.45) is 4.87. The smallest absolute Gasteiger partial charge is 0.407 e. The Morgan fingerprint density at radius 3 is 2.09 bits per heavy atom. The zero-order chi connectivity index (χ0) is 7.84. The number of nitrogens with zero attached hydrogens (tertiary/aromatic N) is 1. The monoisotopic (exact) mass is 155 g/mol. The minimum absolute atomic E-state index is 0.353. The lowest BCUT2D eigenvalue weighted by Gasteiger charge is -2.31. The van der Waals surface area contributed by atoms with Gasteiger partial charge in [-0.15, -0.1) is 0 Å². The molecule has 0 aromatic heterocycles. The molecule has 1 N–H and O–H groups in total. The molecule has 1 amide bonds. The normalized spacial score (nSPS) is 35.8. The minimum Gasteiger partial charge on any atom is -0.465 e. The van der Waals surface area contributed by atoms with Gasteiger partial charge in [0.1, 0.15) is 0 Å². The van der Waals surface area contributed by atoms with E-state index in [9.17, 15) is 4.79 Å². The molecule has 0 radical (unpaired) electrons. The number of rotatable bonds is 0. The summed E-state index contributed by atoms with van der Waals surface area (Å²) in [5, 5.41) is 8.85. The summed E-state index contributed by atoms with van der Waals surface area (Å²) in [6.45, 7) is 0. The number of hydrogen-bond donors (Lipinski definition) is 1. The van der Waals surface area contributed by atoms with Crippen LogP contribution in [0.25, 0.3) is 0 Å². The van der Waals surface area contributed by atoms with Crippen LogP contribution in [-0.4, -0.2) is 28.2 Å². The molecule has 0 aromatic carbocycles. The van der Waals surface area contributed by atoms with Gasteiger partial charge < -0.3 is 10.0 Å². The largest absolute Gasteiger partial charge is 0.465 e. The van der Waals surface area contributed by atoms with E-state index in [1.807, 2.05) is 0 Å². The highest BCUT2D eigenvalue weighted by Gasteiger charge is 2.39. The van der Waals surface area contributed by atoms with Crippen LogP contribution in [-0.2, 0) is 0 Å². The summed E-state index contributed by atoms with van der Waals surface area (Å²) in [5.41, 5.74) is 0. The SMILES string of the molecule is O=C(O)N1C2CCCC1CC2. The standard InChI is InChI=1S/C8H13NO2/c10-8(11)9-6-2-1-3-7(9)5-4-6/h6-7H,1-5H2,(H,10,11). The van der Waals surface area contributed by atoms with E-state index in [2.05, 4.69) is 0 Å². The topological polar surface area (TPSA) is 40.5 Å². The van der Waals surface area contributed by atoms with Gasteiger partial charge in [-0.1, -0.05) is 0 Å². The number of carbonyl (C=O) groups is 1. The van der Waals surface area contributed by atoms with E-state index in [1.54, 1.807) is 4.90 Å². The Kier molecular flexibility index (Phi) is 1.51. The molecule has 2 aliphatic rings. The highest BCUT2D eigenvalue weighted by molar-refractivity contribution is 5.66. The number of hydrogen-bond acceptors (Lipinski definition) is 1. The maximum Gasteiger partial charge on any atom is 0.407 e. The molecule has 2 aliphatic heterocycles. The van der Waals surface area contributed by atoms with Gasteiger partial charge >= 0.3 is 6.09 Å². The molecule has 2 rings (SSSR count). The van der Waals surface area contributed by atoms with Gasteiger partial charge in [-0.25, -0.2) is 4.79 Å². The van der Waals surface area contributed by atoms with Crippen LogP contribution in [0.1, 0.15) is 32.1 Å². The molecule has 2 saturated heterocycles. The second-order valence-electron chi connectivity index (χ2n) is 3.51. The van der Waals surface area contributed by atoms with Gasteiger partial charge in [-0.3, -0.25) is 0 Å². The van der Waals surface area contributed by atoms with Crippen molar-refractivity contribution in [3.05, 3.63) is 0 Å². The molecule has 2 unspecified atom stereocenters. The zero-order valence-electron chi connectivity index (χ0n) is 6.49. The lowest BCUT2D eigenvalue weighted by atomic mass is 10.0. The van der Waals surface area contributed by atoms with Crippen molar-refractivity contribution in [2.45, 2.75) is 44.2 Å². The summed E-state index contributed by atoms with van der Waals surface area (Å²) in [7, 11) is 0. The third kappa shape index (κ3) is 0.988. The number of piperidine rings is 1. The van der Waals surface area contributed by atoms with Gasteiger partial charge in [-0.2, -0.15) is 0 Å². The van der Waals surface area contributed by atoms with E-state index in [1.165, 1.54) is 6.42 Å². The van der Waals surface area contributed by atoms with E-state index >= 15 is 0 Å². The van der Waals surface area contributed by atoms with E-state index in [0.29, 0.717) is 12.1 Å².